The third-order valence-corrected chi connectivity index (χ3v) is 7.69. The monoisotopic (exact) mass is 402 g/mol. The first-order chi connectivity index (χ1) is 11.3. The highest BCUT2D eigenvalue weighted by Gasteiger charge is 2.80. The van der Waals surface area contributed by atoms with Gasteiger partial charge in [0.15, 0.2) is 0 Å². The van der Waals surface area contributed by atoms with Gasteiger partial charge >= 0.3 is 21.6 Å². The third kappa shape index (κ3) is 3.05. The molecule has 3 aliphatic rings. The predicted octanol–water partition coefficient (Wildman–Crippen LogP) is 2.63. The summed E-state index contributed by atoms with van der Waals surface area (Å²) < 4.78 is 69.8. The zero-order valence-electron chi connectivity index (χ0n) is 14.1. The minimum atomic E-state index is -5.71. The summed E-state index contributed by atoms with van der Waals surface area (Å²) in [5, 5.41) is 0. The van der Waals surface area contributed by atoms with Gasteiger partial charge in [-0.15, -0.1) is 0 Å². The van der Waals surface area contributed by atoms with E-state index in [1.165, 1.54) is 6.08 Å². The van der Waals surface area contributed by atoms with Gasteiger partial charge in [-0.1, -0.05) is 0 Å². The highest BCUT2D eigenvalue weighted by molar-refractivity contribution is 8.32. The molecular formula is C15H21F3O5S2. The van der Waals surface area contributed by atoms with Crippen LogP contribution in [0.3, 0.4) is 0 Å². The number of rotatable bonds is 6. The number of hydrogen-bond donors (Lipinski definition) is 0. The topological polar surface area (TPSA) is 69.7 Å². The van der Waals surface area contributed by atoms with Gasteiger partial charge in [-0.2, -0.15) is 21.6 Å². The van der Waals surface area contributed by atoms with Crippen LogP contribution in [0.25, 0.3) is 0 Å². The highest BCUT2D eigenvalue weighted by Crippen LogP contribution is 2.79. The number of esters is 1. The van der Waals surface area contributed by atoms with E-state index in [-0.39, 0.29) is 18.3 Å². The van der Waals surface area contributed by atoms with E-state index in [4.69, 9.17) is 4.74 Å². The van der Waals surface area contributed by atoms with Crippen LogP contribution in [0.4, 0.5) is 13.2 Å². The van der Waals surface area contributed by atoms with E-state index in [2.05, 4.69) is 23.0 Å². The number of alkyl halides is 3. The molecule has 0 bridgehead atoms. The molecule has 0 saturated heterocycles. The molecule has 2 fully saturated rings. The first kappa shape index (κ1) is 18.9. The summed E-state index contributed by atoms with van der Waals surface area (Å²) in [4.78, 5) is 12.3. The van der Waals surface area contributed by atoms with Crippen molar-refractivity contribution >= 4 is 26.1 Å². The van der Waals surface area contributed by atoms with E-state index in [1.54, 1.807) is 0 Å². The molecule has 2 saturated carbocycles. The second-order valence-corrected chi connectivity index (χ2v) is 13.9. The number of ether oxygens (including phenoxy) is 1. The second kappa shape index (κ2) is 5.55. The molecule has 0 amide bonds. The highest BCUT2D eigenvalue weighted by atomic mass is 32.3. The molecule has 144 valence electrons. The lowest BCUT2D eigenvalue weighted by molar-refractivity contribution is -0.146. The molecule has 0 radical (unpaired) electrons. The second-order valence-electron chi connectivity index (χ2n) is 7.73. The Bertz CT molecular complexity index is 722. The normalized spacial score (nSPS) is 34.3. The van der Waals surface area contributed by atoms with Crippen LogP contribution < -0.4 is 0 Å². The van der Waals surface area contributed by atoms with Crippen molar-refractivity contribution in [1.29, 1.82) is 0 Å². The van der Waals surface area contributed by atoms with Crippen molar-refractivity contribution in [2.75, 3.05) is 31.1 Å². The first-order valence-corrected chi connectivity index (χ1v) is 12.3. The van der Waals surface area contributed by atoms with Crippen molar-refractivity contribution < 1.29 is 35.3 Å². The van der Waals surface area contributed by atoms with Gasteiger partial charge in [0.2, 0.25) is 0 Å². The number of carbonyl (C=O) groups excluding carboxylic acids is 1. The maximum absolute atomic E-state index is 12.5. The molecule has 0 aromatic carbocycles. The Kier molecular flexibility index (Phi) is 4.19. The molecule has 5 nitrogen and oxygen atoms in total. The quantitative estimate of drug-likeness (QED) is 0.388. The molecule has 25 heavy (non-hydrogen) atoms. The number of allylic oxidation sites excluding steroid dienone is 2. The first-order valence-electron chi connectivity index (χ1n) is 7.85. The van der Waals surface area contributed by atoms with Crippen LogP contribution in [-0.2, 0) is 23.8 Å². The summed E-state index contributed by atoms with van der Waals surface area (Å²) in [5.41, 5.74) is -5.97. The van der Waals surface area contributed by atoms with Gasteiger partial charge in [-0.05, 0) is 43.6 Å². The molecule has 1 spiro atoms. The van der Waals surface area contributed by atoms with Gasteiger partial charge < -0.3 is 8.92 Å². The van der Waals surface area contributed by atoms with Crippen molar-refractivity contribution in [2.45, 2.75) is 18.3 Å². The number of carbonyl (C=O) groups is 1. The molecule has 0 aromatic rings. The fourth-order valence-corrected chi connectivity index (χ4v) is 5.03. The van der Waals surface area contributed by atoms with Crippen molar-refractivity contribution in [3.63, 3.8) is 0 Å². The molecule has 0 N–H and O–H groups in total. The van der Waals surface area contributed by atoms with E-state index in [0.717, 1.165) is 5.75 Å². The van der Waals surface area contributed by atoms with E-state index >= 15 is 0 Å². The molecule has 0 aliphatic heterocycles. The summed E-state index contributed by atoms with van der Waals surface area (Å²) >= 11 is 0. The molecule has 3 aliphatic carbocycles. The van der Waals surface area contributed by atoms with Gasteiger partial charge in [0, 0.05) is 17.1 Å². The number of halogens is 3. The standard InChI is InChI=1S/C15H21F3O5S2/c1-24(2,3)7-6-22-13(19)12-11-10(8-9-4-5-14(9,11)12)23-25(20,21)15(16,17)18/h8-9,11-12H,4-7H2,1-3H3. The van der Waals surface area contributed by atoms with Crippen LogP contribution in [0, 0.1) is 23.2 Å². The van der Waals surface area contributed by atoms with Gasteiger partial charge in [0.25, 0.3) is 0 Å². The summed E-state index contributed by atoms with van der Waals surface area (Å²) in [5.74, 6) is -1.28. The van der Waals surface area contributed by atoms with Gasteiger partial charge in [-0.3, -0.25) is 4.79 Å². The Morgan fingerprint density at radius 1 is 1.32 bits per heavy atom. The molecule has 4 atom stereocenters. The SMILES string of the molecule is CS(C)(C)CCOC(=O)C1C2C(OS(=O)(=O)C(F)(F)F)=CC3CCC312. The zero-order valence-corrected chi connectivity index (χ0v) is 15.8. The van der Waals surface area contributed by atoms with Crippen LogP contribution in [0.5, 0.6) is 0 Å². The lowest BCUT2D eigenvalue weighted by Crippen LogP contribution is -2.30. The average molecular weight is 402 g/mol. The van der Waals surface area contributed by atoms with E-state index < -0.39 is 48.9 Å². The van der Waals surface area contributed by atoms with Crippen LogP contribution in [0.1, 0.15) is 12.8 Å². The van der Waals surface area contributed by atoms with Crippen LogP contribution in [0.2, 0.25) is 0 Å². The van der Waals surface area contributed by atoms with Gasteiger partial charge in [-0.25, -0.2) is 10.0 Å². The molecule has 10 heteroatoms. The minimum Gasteiger partial charge on any atom is -0.465 e. The summed E-state index contributed by atoms with van der Waals surface area (Å²) in [6, 6.07) is 0. The lowest BCUT2D eigenvalue weighted by Gasteiger charge is -2.34. The summed E-state index contributed by atoms with van der Waals surface area (Å²) in [6.07, 6.45) is 9.08. The lowest BCUT2D eigenvalue weighted by atomic mass is 9.70. The fourth-order valence-electron chi connectivity index (χ4n) is 3.94. The smallest absolute Gasteiger partial charge is 0.465 e. The Morgan fingerprint density at radius 3 is 2.44 bits per heavy atom. The van der Waals surface area contributed by atoms with Gasteiger partial charge in [0.1, 0.15) is 5.76 Å². The summed E-state index contributed by atoms with van der Waals surface area (Å²) in [7, 11) is -6.54. The van der Waals surface area contributed by atoms with Crippen LogP contribution in [-0.4, -0.2) is 51.0 Å². The fraction of sp³-hybridized carbons (Fsp3) is 0.800. The van der Waals surface area contributed by atoms with Crippen molar-refractivity contribution in [1.82, 2.24) is 0 Å². The average Bonchev–Trinajstić information content (AvgIpc) is 3.06. The van der Waals surface area contributed by atoms with Gasteiger partial charge in [0.05, 0.1) is 12.5 Å². The summed E-state index contributed by atoms with van der Waals surface area (Å²) in [6.45, 7) is 0.266. The minimum absolute atomic E-state index is 0.110. The maximum atomic E-state index is 12.5. The maximum Gasteiger partial charge on any atom is 0.534 e. The van der Waals surface area contributed by atoms with Crippen LogP contribution in [0.15, 0.2) is 11.8 Å². The van der Waals surface area contributed by atoms with E-state index in [9.17, 15) is 26.4 Å². The third-order valence-electron chi connectivity index (χ3n) is 5.32. The van der Waals surface area contributed by atoms with Crippen LogP contribution >= 0.6 is 10.0 Å². The molecule has 0 heterocycles. The Labute approximate surface area is 146 Å². The van der Waals surface area contributed by atoms with E-state index in [1.807, 2.05) is 0 Å². The molecular weight excluding hydrogens is 381 g/mol. The van der Waals surface area contributed by atoms with Crippen molar-refractivity contribution in [2.24, 2.45) is 23.2 Å². The zero-order chi connectivity index (χ0) is 18.8. The van der Waals surface area contributed by atoms with Crippen molar-refractivity contribution in [3.8, 4) is 0 Å². The molecule has 3 rings (SSSR count). The Hall–Kier alpha value is -0.900. The largest absolute Gasteiger partial charge is 0.534 e. The Morgan fingerprint density at radius 2 is 1.96 bits per heavy atom. The Balaban J connectivity index is 1.67. The molecule has 4 unspecified atom stereocenters. The number of hydrogen-bond acceptors (Lipinski definition) is 5. The molecule has 0 aromatic heterocycles. The predicted molar refractivity (Wildman–Crippen MR) is 87.5 cm³/mol. The van der Waals surface area contributed by atoms with Crippen molar-refractivity contribution in [3.05, 3.63) is 11.8 Å². The van der Waals surface area contributed by atoms with E-state index in [0.29, 0.717) is 12.8 Å².